The SMILES string of the molecule is COC(=O)[C@@H]1C(=O)NC[C@H]1c1cc(F)c(OC)c(F)c1. The molecule has 1 N–H and O–H groups in total. The molecule has 1 aromatic rings. The molecule has 2 atom stereocenters. The second-order valence-electron chi connectivity index (χ2n) is 4.37. The first-order valence-electron chi connectivity index (χ1n) is 5.88. The summed E-state index contributed by atoms with van der Waals surface area (Å²) in [7, 11) is 2.30. The van der Waals surface area contributed by atoms with Crippen LogP contribution in [0, 0.1) is 17.6 Å². The molecule has 2 rings (SSSR count). The van der Waals surface area contributed by atoms with Crippen molar-refractivity contribution < 1.29 is 27.8 Å². The summed E-state index contributed by atoms with van der Waals surface area (Å²) in [6.45, 7) is 0.115. The van der Waals surface area contributed by atoms with Crippen LogP contribution in [0.1, 0.15) is 11.5 Å². The molecule has 1 aromatic carbocycles. The molecule has 1 heterocycles. The molecule has 5 nitrogen and oxygen atoms in total. The van der Waals surface area contributed by atoms with Crippen LogP contribution in [0.3, 0.4) is 0 Å². The Bertz CT molecular complexity index is 538. The van der Waals surface area contributed by atoms with Gasteiger partial charge in [0.2, 0.25) is 5.91 Å². The van der Waals surface area contributed by atoms with Crippen molar-refractivity contribution in [3.05, 3.63) is 29.3 Å². The highest BCUT2D eigenvalue weighted by atomic mass is 19.1. The molecule has 0 saturated carbocycles. The Kier molecular flexibility index (Phi) is 3.87. The van der Waals surface area contributed by atoms with Gasteiger partial charge in [-0.2, -0.15) is 0 Å². The molecule has 0 bridgehead atoms. The zero-order valence-electron chi connectivity index (χ0n) is 10.9. The van der Waals surface area contributed by atoms with Crippen molar-refractivity contribution in [2.75, 3.05) is 20.8 Å². The van der Waals surface area contributed by atoms with Crippen molar-refractivity contribution in [1.29, 1.82) is 0 Å². The van der Waals surface area contributed by atoms with Crippen molar-refractivity contribution in [2.45, 2.75) is 5.92 Å². The molecule has 1 saturated heterocycles. The number of benzene rings is 1. The molecule has 1 fully saturated rings. The van der Waals surface area contributed by atoms with Gasteiger partial charge in [-0.3, -0.25) is 9.59 Å². The lowest BCUT2D eigenvalue weighted by Gasteiger charge is -2.16. The molecule has 20 heavy (non-hydrogen) atoms. The quantitative estimate of drug-likeness (QED) is 0.664. The van der Waals surface area contributed by atoms with E-state index in [1.54, 1.807) is 0 Å². The van der Waals surface area contributed by atoms with E-state index in [-0.39, 0.29) is 12.1 Å². The number of methoxy groups -OCH3 is 2. The summed E-state index contributed by atoms with van der Waals surface area (Å²) in [5, 5.41) is 2.49. The third kappa shape index (κ3) is 2.31. The van der Waals surface area contributed by atoms with Gasteiger partial charge < -0.3 is 14.8 Å². The van der Waals surface area contributed by atoms with Crippen LogP contribution < -0.4 is 10.1 Å². The number of nitrogens with one attached hydrogen (secondary N) is 1. The fraction of sp³-hybridized carbons (Fsp3) is 0.385. The maximum Gasteiger partial charge on any atom is 0.318 e. The minimum Gasteiger partial charge on any atom is -0.491 e. The first kappa shape index (κ1) is 14.2. The molecule has 1 aliphatic rings. The minimum atomic E-state index is -1.10. The van der Waals surface area contributed by atoms with Crippen LogP contribution in [0.2, 0.25) is 0 Å². The summed E-state index contributed by atoms with van der Waals surface area (Å²) < 4.78 is 36.5. The Morgan fingerprint density at radius 3 is 2.40 bits per heavy atom. The summed E-state index contributed by atoms with van der Waals surface area (Å²) in [6.07, 6.45) is 0. The standard InChI is InChI=1S/C13H13F2NO4/c1-19-11-8(14)3-6(4-9(11)15)7-5-16-12(17)10(7)13(18)20-2/h3-4,7,10H,5H2,1-2H3,(H,16,17)/t7-,10-/m0/s1. The summed E-state index contributed by atoms with van der Waals surface area (Å²) in [4.78, 5) is 23.2. The van der Waals surface area contributed by atoms with Crippen LogP contribution in [0.4, 0.5) is 8.78 Å². The van der Waals surface area contributed by atoms with Gasteiger partial charge in [0.05, 0.1) is 14.2 Å². The Hall–Kier alpha value is -2.18. The van der Waals surface area contributed by atoms with E-state index in [2.05, 4.69) is 14.8 Å². The van der Waals surface area contributed by atoms with Gasteiger partial charge in [-0.05, 0) is 17.7 Å². The fourth-order valence-electron chi connectivity index (χ4n) is 2.32. The van der Waals surface area contributed by atoms with Crippen LogP contribution in [-0.2, 0) is 14.3 Å². The fourth-order valence-corrected chi connectivity index (χ4v) is 2.32. The van der Waals surface area contributed by atoms with Gasteiger partial charge in [0.15, 0.2) is 17.4 Å². The second-order valence-corrected chi connectivity index (χ2v) is 4.37. The predicted octanol–water partition coefficient (Wildman–Crippen LogP) is 0.976. The predicted molar refractivity (Wildman–Crippen MR) is 64.2 cm³/mol. The Labute approximate surface area is 113 Å². The average Bonchev–Trinajstić information content (AvgIpc) is 2.79. The maximum atomic E-state index is 13.7. The van der Waals surface area contributed by atoms with E-state index >= 15 is 0 Å². The Morgan fingerprint density at radius 2 is 1.90 bits per heavy atom. The molecule has 0 aliphatic carbocycles. The lowest BCUT2D eigenvalue weighted by Crippen LogP contribution is -2.28. The van der Waals surface area contributed by atoms with Crippen molar-refractivity contribution >= 4 is 11.9 Å². The largest absolute Gasteiger partial charge is 0.491 e. The van der Waals surface area contributed by atoms with E-state index in [4.69, 9.17) is 0 Å². The van der Waals surface area contributed by atoms with Crippen LogP contribution in [-0.4, -0.2) is 32.6 Å². The molecule has 7 heteroatoms. The van der Waals surface area contributed by atoms with E-state index in [0.29, 0.717) is 0 Å². The lowest BCUT2D eigenvalue weighted by molar-refractivity contribution is -0.149. The Balaban J connectivity index is 2.40. The molecule has 1 aliphatic heterocycles. The third-order valence-corrected chi connectivity index (χ3v) is 3.29. The van der Waals surface area contributed by atoms with E-state index in [0.717, 1.165) is 26.4 Å². The molecular formula is C13H13F2NO4. The number of esters is 1. The number of carbonyl (C=O) groups is 2. The summed E-state index contributed by atoms with van der Waals surface area (Å²) >= 11 is 0. The molecule has 1 amide bonds. The topological polar surface area (TPSA) is 64.6 Å². The number of hydrogen-bond acceptors (Lipinski definition) is 4. The van der Waals surface area contributed by atoms with Gasteiger partial charge in [-0.1, -0.05) is 0 Å². The summed E-state index contributed by atoms with van der Waals surface area (Å²) in [6, 6.07) is 2.12. The lowest BCUT2D eigenvalue weighted by atomic mass is 9.88. The number of halogens is 2. The number of hydrogen-bond donors (Lipinski definition) is 1. The zero-order chi connectivity index (χ0) is 14.9. The number of ether oxygens (including phenoxy) is 2. The van der Waals surface area contributed by atoms with E-state index in [1.165, 1.54) is 0 Å². The Morgan fingerprint density at radius 1 is 1.30 bits per heavy atom. The monoisotopic (exact) mass is 285 g/mol. The minimum absolute atomic E-state index is 0.115. The van der Waals surface area contributed by atoms with Crippen molar-refractivity contribution in [1.82, 2.24) is 5.32 Å². The normalized spacial score (nSPS) is 21.5. The van der Waals surface area contributed by atoms with Gasteiger partial charge >= 0.3 is 5.97 Å². The highest BCUT2D eigenvalue weighted by molar-refractivity contribution is 6.00. The average molecular weight is 285 g/mol. The number of rotatable bonds is 3. The van der Waals surface area contributed by atoms with E-state index in [1.807, 2.05) is 0 Å². The van der Waals surface area contributed by atoms with Crippen LogP contribution in [0.25, 0.3) is 0 Å². The van der Waals surface area contributed by atoms with Crippen LogP contribution in [0.15, 0.2) is 12.1 Å². The molecule has 0 aromatic heterocycles. The first-order valence-corrected chi connectivity index (χ1v) is 5.88. The molecule has 0 spiro atoms. The van der Waals surface area contributed by atoms with E-state index < -0.39 is 41.1 Å². The van der Waals surface area contributed by atoms with Crippen LogP contribution >= 0.6 is 0 Å². The molecule has 0 unspecified atom stereocenters. The van der Waals surface area contributed by atoms with Gasteiger partial charge in [-0.25, -0.2) is 8.78 Å². The molecular weight excluding hydrogens is 272 g/mol. The van der Waals surface area contributed by atoms with Crippen molar-refractivity contribution in [2.24, 2.45) is 5.92 Å². The summed E-state index contributed by atoms with van der Waals surface area (Å²) in [5.74, 6) is -5.30. The maximum absolute atomic E-state index is 13.7. The highest BCUT2D eigenvalue weighted by Gasteiger charge is 2.42. The summed E-state index contributed by atoms with van der Waals surface area (Å²) in [5.41, 5.74) is 0.203. The smallest absolute Gasteiger partial charge is 0.318 e. The van der Waals surface area contributed by atoms with E-state index in [9.17, 15) is 18.4 Å². The van der Waals surface area contributed by atoms with Gasteiger partial charge in [-0.15, -0.1) is 0 Å². The zero-order valence-corrected chi connectivity index (χ0v) is 10.9. The third-order valence-electron chi connectivity index (χ3n) is 3.29. The number of carbonyl (C=O) groups excluding carboxylic acids is 2. The second kappa shape index (κ2) is 5.44. The van der Waals surface area contributed by atoms with Gasteiger partial charge in [0.25, 0.3) is 0 Å². The van der Waals surface area contributed by atoms with Crippen molar-refractivity contribution in [3.8, 4) is 5.75 Å². The molecule has 108 valence electrons. The molecule has 0 radical (unpaired) electrons. The number of amides is 1. The van der Waals surface area contributed by atoms with Crippen LogP contribution in [0.5, 0.6) is 5.75 Å². The first-order chi connectivity index (χ1) is 9.49. The highest BCUT2D eigenvalue weighted by Crippen LogP contribution is 2.33. The van der Waals surface area contributed by atoms with Crippen molar-refractivity contribution in [3.63, 3.8) is 0 Å². The van der Waals surface area contributed by atoms with Gasteiger partial charge in [0.1, 0.15) is 5.92 Å². The van der Waals surface area contributed by atoms with Gasteiger partial charge in [0, 0.05) is 12.5 Å².